The Morgan fingerprint density at radius 2 is 1.78 bits per heavy atom. The summed E-state index contributed by atoms with van der Waals surface area (Å²) < 4.78 is 39.5. The molecule has 2 aromatic carbocycles. The highest BCUT2D eigenvalue weighted by atomic mass is 79.9. The summed E-state index contributed by atoms with van der Waals surface area (Å²) >= 11 is 3.28. The van der Waals surface area contributed by atoms with E-state index in [9.17, 15) is 18.0 Å². The molecule has 0 bridgehead atoms. The van der Waals surface area contributed by atoms with Gasteiger partial charge in [0.2, 0.25) is 0 Å². The van der Waals surface area contributed by atoms with Gasteiger partial charge in [-0.3, -0.25) is 9.52 Å². The average molecular weight is 525 g/mol. The van der Waals surface area contributed by atoms with Crippen molar-refractivity contribution in [3.8, 4) is 5.75 Å². The Balaban J connectivity index is 1.68. The quantitative estimate of drug-likeness (QED) is 0.526. The van der Waals surface area contributed by atoms with Gasteiger partial charge in [-0.05, 0) is 69.2 Å². The third-order valence-corrected chi connectivity index (χ3v) is 6.81. The zero-order valence-corrected chi connectivity index (χ0v) is 20.2. The molecule has 1 aliphatic rings. The van der Waals surface area contributed by atoms with Gasteiger partial charge in [-0.1, -0.05) is 15.9 Å². The second-order valence-corrected chi connectivity index (χ2v) is 9.85. The lowest BCUT2D eigenvalue weighted by atomic mass is 10.2. The van der Waals surface area contributed by atoms with Crippen LogP contribution in [0.15, 0.2) is 51.8 Å². The molecular weight excluding hydrogens is 500 g/mol. The van der Waals surface area contributed by atoms with Gasteiger partial charge in [0.05, 0.1) is 12.2 Å². The molecule has 0 saturated carbocycles. The molecule has 1 N–H and O–H groups in total. The zero-order valence-electron chi connectivity index (χ0n) is 17.8. The second kappa shape index (κ2) is 10.4. The number of carbonyl (C=O) groups is 2. The summed E-state index contributed by atoms with van der Waals surface area (Å²) in [5, 5.41) is 0. The smallest absolute Gasteiger partial charge is 0.338 e. The van der Waals surface area contributed by atoms with E-state index in [4.69, 9.17) is 9.47 Å². The first-order valence-corrected chi connectivity index (χ1v) is 12.5. The third kappa shape index (κ3) is 5.80. The number of ether oxygens (including phenoxy) is 2. The monoisotopic (exact) mass is 524 g/mol. The van der Waals surface area contributed by atoms with Crippen LogP contribution in [0, 0.1) is 0 Å². The van der Waals surface area contributed by atoms with Gasteiger partial charge in [0.25, 0.3) is 15.9 Å². The molecule has 1 aliphatic heterocycles. The van der Waals surface area contributed by atoms with Crippen LogP contribution in [0.5, 0.6) is 5.75 Å². The SMILES string of the molecule is CCOc1ccc(Br)cc1S(=O)(=O)Nc1ccc(C(=O)O[C@H](C)C(=O)N2CCCC2)cc1. The number of hydrogen-bond donors (Lipinski definition) is 1. The molecule has 3 rings (SSSR count). The molecule has 172 valence electrons. The fourth-order valence-electron chi connectivity index (χ4n) is 3.32. The number of halogens is 1. The van der Waals surface area contributed by atoms with Crippen molar-refractivity contribution in [3.63, 3.8) is 0 Å². The van der Waals surface area contributed by atoms with E-state index in [1.165, 1.54) is 30.3 Å². The van der Waals surface area contributed by atoms with Crippen molar-refractivity contribution in [1.82, 2.24) is 4.90 Å². The standard InChI is InChI=1S/C22H25BrN2O6S/c1-3-30-19-11-8-17(23)14-20(19)32(28,29)24-18-9-6-16(7-10-18)22(27)31-15(2)21(26)25-12-4-5-13-25/h6-11,14-15,24H,3-5,12-13H2,1-2H3/t15-/m1/s1. The normalized spacial score (nSPS) is 14.7. The van der Waals surface area contributed by atoms with Crippen molar-refractivity contribution in [1.29, 1.82) is 0 Å². The van der Waals surface area contributed by atoms with Gasteiger partial charge in [-0.15, -0.1) is 0 Å². The Morgan fingerprint density at radius 1 is 1.12 bits per heavy atom. The van der Waals surface area contributed by atoms with Gasteiger partial charge >= 0.3 is 5.97 Å². The first-order valence-electron chi connectivity index (χ1n) is 10.3. The largest absolute Gasteiger partial charge is 0.492 e. The number of likely N-dealkylation sites (tertiary alicyclic amines) is 1. The van der Waals surface area contributed by atoms with Gasteiger partial charge in [0.15, 0.2) is 6.10 Å². The molecule has 32 heavy (non-hydrogen) atoms. The zero-order chi connectivity index (χ0) is 23.3. The lowest BCUT2D eigenvalue weighted by Crippen LogP contribution is -2.38. The van der Waals surface area contributed by atoms with E-state index >= 15 is 0 Å². The Kier molecular flexibility index (Phi) is 7.78. The maximum atomic E-state index is 12.9. The van der Waals surface area contributed by atoms with Crippen molar-refractivity contribution < 1.29 is 27.5 Å². The summed E-state index contributed by atoms with van der Waals surface area (Å²) in [6.07, 6.45) is 1.03. The number of rotatable bonds is 8. The van der Waals surface area contributed by atoms with Crippen LogP contribution in [0.25, 0.3) is 0 Å². The molecular formula is C22H25BrN2O6S. The lowest BCUT2D eigenvalue weighted by Gasteiger charge is -2.20. The summed E-state index contributed by atoms with van der Waals surface area (Å²) in [7, 11) is -3.93. The molecule has 8 nitrogen and oxygen atoms in total. The first kappa shape index (κ1) is 24.1. The Morgan fingerprint density at radius 3 is 2.41 bits per heavy atom. The number of benzene rings is 2. The molecule has 1 fully saturated rings. The number of carbonyl (C=O) groups excluding carboxylic acids is 2. The molecule has 0 radical (unpaired) electrons. The van der Waals surface area contributed by atoms with Crippen molar-refractivity contribution in [2.45, 2.75) is 37.7 Å². The first-order chi connectivity index (χ1) is 15.2. The number of anilines is 1. The molecule has 1 heterocycles. The predicted molar refractivity (Wildman–Crippen MR) is 123 cm³/mol. The Labute approximate surface area is 196 Å². The number of nitrogens with one attached hydrogen (secondary N) is 1. The van der Waals surface area contributed by atoms with Crippen LogP contribution in [0.4, 0.5) is 5.69 Å². The molecule has 0 unspecified atom stereocenters. The molecule has 0 aliphatic carbocycles. The minimum atomic E-state index is -3.93. The number of sulfonamides is 1. The van der Waals surface area contributed by atoms with E-state index in [-0.39, 0.29) is 27.8 Å². The maximum Gasteiger partial charge on any atom is 0.338 e. The molecule has 10 heteroatoms. The molecule has 0 spiro atoms. The topological polar surface area (TPSA) is 102 Å². The van der Waals surface area contributed by atoms with Gasteiger partial charge in [0, 0.05) is 23.2 Å². The van der Waals surface area contributed by atoms with Crippen LogP contribution in [0.2, 0.25) is 0 Å². The second-order valence-electron chi connectivity index (χ2n) is 7.29. The maximum absolute atomic E-state index is 12.9. The number of nitrogens with zero attached hydrogens (tertiary/aromatic N) is 1. The van der Waals surface area contributed by atoms with E-state index in [1.54, 1.807) is 30.9 Å². The number of esters is 1. The lowest BCUT2D eigenvalue weighted by molar-refractivity contribution is -0.138. The van der Waals surface area contributed by atoms with Crippen LogP contribution < -0.4 is 9.46 Å². The van der Waals surface area contributed by atoms with Crippen molar-refractivity contribution in [3.05, 3.63) is 52.5 Å². The van der Waals surface area contributed by atoms with Gasteiger partial charge in [-0.2, -0.15) is 0 Å². The van der Waals surface area contributed by atoms with E-state index in [1.807, 2.05) is 0 Å². The molecule has 1 amide bonds. The summed E-state index contributed by atoms with van der Waals surface area (Å²) in [5.74, 6) is -0.621. The van der Waals surface area contributed by atoms with E-state index in [0.29, 0.717) is 24.2 Å². The van der Waals surface area contributed by atoms with E-state index in [2.05, 4.69) is 20.7 Å². The van der Waals surface area contributed by atoms with Crippen LogP contribution in [0.3, 0.4) is 0 Å². The van der Waals surface area contributed by atoms with Crippen molar-refractivity contribution in [2.24, 2.45) is 0 Å². The van der Waals surface area contributed by atoms with Gasteiger partial charge in [-0.25, -0.2) is 13.2 Å². The molecule has 2 aromatic rings. The van der Waals surface area contributed by atoms with Crippen molar-refractivity contribution >= 4 is 43.5 Å². The van der Waals surface area contributed by atoms with Gasteiger partial charge < -0.3 is 14.4 Å². The predicted octanol–water partition coefficient (Wildman–Crippen LogP) is 3.82. The minimum Gasteiger partial charge on any atom is -0.492 e. The summed E-state index contributed by atoms with van der Waals surface area (Å²) in [5.41, 5.74) is 0.483. The highest BCUT2D eigenvalue weighted by Crippen LogP contribution is 2.29. The van der Waals surface area contributed by atoms with Crippen LogP contribution in [-0.4, -0.2) is 51.0 Å². The fraction of sp³-hybridized carbons (Fsp3) is 0.364. The number of amides is 1. The highest BCUT2D eigenvalue weighted by molar-refractivity contribution is 9.10. The van der Waals surface area contributed by atoms with Gasteiger partial charge in [0.1, 0.15) is 10.6 Å². The Bertz CT molecular complexity index is 1080. The van der Waals surface area contributed by atoms with E-state index < -0.39 is 22.1 Å². The third-order valence-electron chi connectivity index (χ3n) is 4.92. The van der Waals surface area contributed by atoms with E-state index in [0.717, 1.165) is 12.8 Å². The number of hydrogen-bond acceptors (Lipinski definition) is 6. The fourth-order valence-corrected chi connectivity index (χ4v) is 5.07. The summed E-state index contributed by atoms with van der Waals surface area (Å²) in [6, 6.07) is 10.5. The minimum absolute atomic E-state index is 0.00791. The van der Waals surface area contributed by atoms with Crippen LogP contribution in [-0.2, 0) is 19.6 Å². The van der Waals surface area contributed by atoms with Crippen molar-refractivity contribution in [2.75, 3.05) is 24.4 Å². The summed E-state index contributed by atoms with van der Waals surface area (Å²) in [4.78, 5) is 26.4. The Hall–Kier alpha value is -2.59. The average Bonchev–Trinajstić information content (AvgIpc) is 3.29. The van der Waals surface area contributed by atoms with Crippen LogP contribution >= 0.6 is 15.9 Å². The molecule has 0 aromatic heterocycles. The molecule has 1 saturated heterocycles. The summed E-state index contributed by atoms with van der Waals surface area (Å²) in [6.45, 7) is 5.00. The highest BCUT2D eigenvalue weighted by Gasteiger charge is 2.26. The van der Waals surface area contributed by atoms with Crippen LogP contribution in [0.1, 0.15) is 37.0 Å². The molecule has 1 atom stereocenters.